The fourth-order valence-electron chi connectivity index (χ4n) is 5.48. The molecule has 5 heteroatoms. The van der Waals surface area contributed by atoms with Gasteiger partial charge in [0.25, 0.3) is 5.91 Å². The first-order valence-corrected chi connectivity index (χ1v) is 10.5. The van der Waals surface area contributed by atoms with Crippen molar-refractivity contribution in [1.82, 2.24) is 9.47 Å². The maximum absolute atomic E-state index is 13.5. The summed E-state index contributed by atoms with van der Waals surface area (Å²) in [6, 6.07) is 6.24. The molecule has 2 aliphatic rings. The van der Waals surface area contributed by atoms with Crippen molar-refractivity contribution >= 4 is 16.8 Å². The number of para-hydroxylation sites is 1. The Bertz CT molecular complexity index is 897. The lowest BCUT2D eigenvalue weighted by atomic mass is 9.70. The van der Waals surface area contributed by atoms with Crippen LogP contribution in [-0.2, 0) is 11.8 Å². The molecule has 0 aliphatic carbocycles. The van der Waals surface area contributed by atoms with E-state index in [1.807, 2.05) is 23.4 Å². The van der Waals surface area contributed by atoms with E-state index in [0.717, 1.165) is 48.2 Å². The van der Waals surface area contributed by atoms with Crippen LogP contribution in [0.15, 0.2) is 18.2 Å². The first-order valence-electron chi connectivity index (χ1n) is 10.5. The highest BCUT2D eigenvalue weighted by atomic mass is 16.5. The smallest absolute Gasteiger partial charge is 0.270 e. The Morgan fingerprint density at radius 1 is 1.25 bits per heavy atom. The maximum atomic E-state index is 13.5. The number of aliphatic hydroxyl groups is 1. The summed E-state index contributed by atoms with van der Waals surface area (Å²) in [6.45, 7) is 8.90. The zero-order valence-electron chi connectivity index (χ0n) is 17.5. The van der Waals surface area contributed by atoms with Gasteiger partial charge in [0, 0.05) is 44.7 Å². The number of aromatic nitrogens is 1. The van der Waals surface area contributed by atoms with Crippen LogP contribution in [-0.4, -0.2) is 52.4 Å². The fourth-order valence-corrected chi connectivity index (χ4v) is 5.48. The van der Waals surface area contributed by atoms with Gasteiger partial charge in [0.05, 0.1) is 11.1 Å². The summed E-state index contributed by atoms with van der Waals surface area (Å²) in [7, 11) is 1.99. The molecular formula is C23H32N2O3. The highest BCUT2D eigenvalue weighted by Gasteiger charge is 2.46. The number of amides is 1. The first kappa shape index (κ1) is 19.5. The molecule has 3 heterocycles. The largest absolute Gasteiger partial charge is 0.389 e. The Labute approximate surface area is 167 Å². The molecule has 0 saturated carbocycles. The Morgan fingerprint density at radius 3 is 2.61 bits per heavy atom. The van der Waals surface area contributed by atoms with E-state index < -0.39 is 5.60 Å². The van der Waals surface area contributed by atoms with Crippen LogP contribution >= 0.6 is 0 Å². The van der Waals surface area contributed by atoms with Gasteiger partial charge >= 0.3 is 0 Å². The van der Waals surface area contributed by atoms with Gasteiger partial charge in [0.15, 0.2) is 0 Å². The molecule has 1 aromatic carbocycles. The van der Waals surface area contributed by atoms with Gasteiger partial charge in [-0.2, -0.15) is 0 Å². The Hall–Kier alpha value is -1.85. The van der Waals surface area contributed by atoms with Crippen molar-refractivity contribution in [2.24, 2.45) is 18.9 Å². The number of likely N-dealkylation sites (tertiary alicyclic amines) is 1. The molecule has 0 spiro atoms. The van der Waals surface area contributed by atoms with Crippen LogP contribution < -0.4 is 0 Å². The third-order valence-corrected chi connectivity index (χ3v) is 7.22. The van der Waals surface area contributed by atoms with Gasteiger partial charge in [-0.3, -0.25) is 4.79 Å². The predicted octanol–water partition coefficient (Wildman–Crippen LogP) is 3.43. The molecule has 5 nitrogen and oxygen atoms in total. The first-order chi connectivity index (χ1) is 13.3. The third kappa shape index (κ3) is 2.96. The molecule has 2 atom stereocenters. The molecule has 1 aromatic heterocycles. The number of ether oxygens (including phenoxy) is 1. The molecule has 0 bridgehead atoms. The number of rotatable bonds is 2. The summed E-state index contributed by atoms with van der Waals surface area (Å²) < 4.78 is 7.52. The average molecular weight is 385 g/mol. The lowest BCUT2D eigenvalue weighted by Crippen LogP contribution is -2.57. The summed E-state index contributed by atoms with van der Waals surface area (Å²) in [4.78, 5) is 15.4. The Kier molecular flexibility index (Phi) is 5.00. The number of piperidine rings is 1. The van der Waals surface area contributed by atoms with Crippen molar-refractivity contribution in [3.63, 3.8) is 0 Å². The van der Waals surface area contributed by atoms with Gasteiger partial charge in [-0.05, 0) is 50.2 Å². The maximum Gasteiger partial charge on any atom is 0.270 e. The predicted molar refractivity (Wildman–Crippen MR) is 111 cm³/mol. The van der Waals surface area contributed by atoms with Gasteiger partial charge in [-0.25, -0.2) is 0 Å². The number of hydrogen-bond donors (Lipinski definition) is 1. The van der Waals surface area contributed by atoms with Crippen LogP contribution in [0, 0.1) is 25.7 Å². The van der Waals surface area contributed by atoms with Crippen LogP contribution in [0.1, 0.15) is 47.8 Å². The second kappa shape index (κ2) is 7.20. The molecule has 0 unspecified atom stereocenters. The number of benzene rings is 1. The molecule has 2 aliphatic heterocycles. The highest BCUT2D eigenvalue weighted by molar-refractivity contribution is 6.02. The number of carbonyl (C=O) groups is 1. The average Bonchev–Trinajstić information content (AvgIpc) is 2.95. The van der Waals surface area contributed by atoms with Crippen molar-refractivity contribution < 1.29 is 14.6 Å². The van der Waals surface area contributed by atoms with Gasteiger partial charge in [0.2, 0.25) is 0 Å². The van der Waals surface area contributed by atoms with Crippen LogP contribution in [0.25, 0.3) is 10.9 Å². The lowest BCUT2D eigenvalue weighted by Gasteiger charge is -2.48. The van der Waals surface area contributed by atoms with E-state index in [-0.39, 0.29) is 17.7 Å². The van der Waals surface area contributed by atoms with E-state index in [1.54, 1.807) is 0 Å². The Balaban J connectivity index is 1.59. The molecule has 1 amide bonds. The van der Waals surface area contributed by atoms with E-state index in [4.69, 9.17) is 4.74 Å². The molecule has 152 valence electrons. The lowest BCUT2D eigenvalue weighted by molar-refractivity contribution is -0.125. The van der Waals surface area contributed by atoms with E-state index >= 15 is 0 Å². The standard InChI is InChI=1S/C23H32N2O3/c1-15-6-5-7-19-17(3)21(24(4)20(15)19)22(26)25-11-10-23(27,16(2)14-25)18-8-12-28-13-9-18/h5-7,16,18,27H,8-14H2,1-4H3/t16-,23+/m1/s1. The molecule has 2 saturated heterocycles. The molecule has 28 heavy (non-hydrogen) atoms. The van der Waals surface area contributed by atoms with Crippen LogP contribution in [0.2, 0.25) is 0 Å². The molecule has 0 radical (unpaired) electrons. The second-order valence-electron chi connectivity index (χ2n) is 8.78. The second-order valence-corrected chi connectivity index (χ2v) is 8.78. The third-order valence-electron chi connectivity index (χ3n) is 7.22. The number of fused-ring (bicyclic) bond motifs is 1. The highest BCUT2D eigenvalue weighted by Crippen LogP contribution is 2.40. The normalized spacial score (nSPS) is 26.8. The monoisotopic (exact) mass is 384 g/mol. The topological polar surface area (TPSA) is 54.7 Å². The minimum absolute atomic E-state index is 0.0602. The molecule has 1 N–H and O–H groups in total. The molecule has 2 aromatic rings. The van der Waals surface area contributed by atoms with Crippen LogP contribution in [0.3, 0.4) is 0 Å². The Morgan fingerprint density at radius 2 is 1.96 bits per heavy atom. The SMILES string of the molecule is Cc1c(C(=O)N2CC[C@@](O)(C3CCOCC3)[C@H](C)C2)n(C)c2c(C)cccc12. The quantitative estimate of drug-likeness (QED) is 0.863. The number of hydrogen-bond acceptors (Lipinski definition) is 3. The van der Waals surface area contributed by atoms with Crippen molar-refractivity contribution in [2.75, 3.05) is 26.3 Å². The number of nitrogens with zero attached hydrogens (tertiary/aromatic N) is 2. The summed E-state index contributed by atoms with van der Waals surface area (Å²) in [5, 5.41) is 12.5. The molecule has 2 fully saturated rings. The minimum Gasteiger partial charge on any atom is -0.389 e. The van der Waals surface area contributed by atoms with Crippen molar-refractivity contribution in [3.8, 4) is 0 Å². The van der Waals surface area contributed by atoms with E-state index in [2.05, 4.69) is 32.0 Å². The van der Waals surface area contributed by atoms with E-state index in [9.17, 15) is 9.90 Å². The molecule has 4 rings (SSSR count). The minimum atomic E-state index is -0.689. The van der Waals surface area contributed by atoms with Crippen LogP contribution in [0.4, 0.5) is 0 Å². The van der Waals surface area contributed by atoms with E-state index in [0.29, 0.717) is 19.5 Å². The van der Waals surface area contributed by atoms with Gasteiger partial charge in [-0.1, -0.05) is 25.1 Å². The van der Waals surface area contributed by atoms with Crippen molar-refractivity contribution in [2.45, 2.75) is 45.6 Å². The van der Waals surface area contributed by atoms with Crippen molar-refractivity contribution in [1.29, 1.82) is 0 Å². The number of aryl methyl sites for hydroxylation is 3. The summed E-state index contributed by atoms with van der Waals surface area (Å²) in [6.07, 6.45) is 2.47. The summed E-state index contributed by atoms with van der Waals surface area (Å²) in [5.41, 5.74) is 3.44. The zero-order chi connectivity index (χ0) is 20.1. The van der Waals surface area contributed by atoms with Gasteiger partial charge < -0.3 is 19.3 Å². The van der Waals surface area contributed by atoms with Gasteiger partial charge in [0.1, 0.15) is 5.69 Å². The molecular weight excluding hydrogens is 352 g/mol. The van der Waals surface area contributed by atoms with Crippen LogP contribution in [0.5, 0.6) is 0 Å². The van der Waals surface area contributed by atoms with E-state index in [1.165, 1.54) is 5.56 Å². The van der Waals surface area contributed by atoms with Gasteiger partial charge in [-0.15, -0.1) is 0 Å². The number of carbonyl (C=O) groups excluding carboxylic acids is 1. The van der Waals surface area contributed by atoms with Crippen molar-refractivity contribution in [3.05, 3.63) is 35.0 Å². The zero-order valence-corrected chi connectivity index (χ0v) is 17.5. The summed E-state index contributed by atoms with van der Waals surface area (Å²) >= 11 is 0. The fraction of sp³-hybridized carbons (Fsp3) is 0.609. The summed E-state index contributed by atoms with van der Waals surface area (Å²) in [5.74, 6) is 0.414.